The van der Waals surface area contributed by atoms with Gasteiger partial charge in [-0.05, 0) is 93.9 Å². The number of likely N-dealkylation sites (tertiary alicyclic amines) is 2. The fourth-order valence-electron chi connectivity index (χ4n) is 8.10. The molecule has 3 amide bonds. The van der Waals surface area contributed by atoms with Gasteiger partial charge in [-0.15, -0.1) is 0 Å². The number of aromatic nitrogens is 3. The molecular formula is C35H46N8O4. The lowest BCUT2D eigenvalue weighted by Crippen LogP contribution is -2.59. The lowest BCUT2D eigenvalue weighted by atomic mass is 9.89. The highest BCUT2D eigenvalue weighted by Gasteiger charge is 2.34. The van der Waals surface area contributed by atoms with E-state index in [4.69, 9.17) is 0 Å². The Morgan fingerprint density at radius 1 is 0.936 bits per heavy atom. The number of urea groups is 1. The Kier molecular flexibility index (Phi) is 8.89. The number of hydrogen-bond donors (Lipinski definition) is 3. The number of benzene rings is 1. The summed E-state index contributed by atoms with van der Waals surface area (Å²) >= 11 is 0. The number of aromatic amines is 2. The molecular weight excluding hydrogens is 596 g/mol. The number of piperazine rings is 1. The molecule has 7 rings (SSSR count). The van der Waals surface area contributed by atoms with Gasteiger partial charge < -0.3 is 25.0 Å². The zero-order valence-corrected chi connectivity index (χ0v) is 27.5. The maximum absolute atomic E-state index is 14.1. The molecule has 0 saturated carbocycles. The molecule has 250 valence electrons. The van der Waals surface area contributed by atoms with Crippen molar-refractivity contribution in [1.82, 2.24) is 40.1 Å². The van der Waals surface area contributed by atoms with Crippen molar-refractivity contribution >= 4 is 28.6 Å². The molecule has 1 atom stereocenters. The average molecular weight is 643 g/mol. The van der Waals surface area contributed by atoms with Crippen molar-refractivity contribution in [3.8, 4) is 0 Å². The van der Waals surface area contributed by atoms with Crippen LogP contribution in [0.3, 0.4) is 0 Å². The molecule has 5 heterocycles. The third-order valence-electron chi connectivity index (χ3n) is 10.9. The van der Waals surface area contributed by atoms with Crippen molar-refractivity contribution in [1.29, 1.82) is 0 Å². The highest BCUT2D eigenvalue weighted by molar-refractivity contribution is 5.98. The maximum Gasteiger partial charge on any atom is 0.318 e. The van der Waals surface area contributed by atoms with Gasteiger partial charge in [0.1, 0.15) is 6.04 Å². The van der Waals surface area contributed by atoms with Gasteiger partial charge in [0.25, 0.3) is 5.56 Å². The lowest BCUT2D eigenvalue weighted by molar-refractivity contribution is -0.135. The molecule has 3 saturated heterocycles. The van der Waals surface area contributed by atoms with Gasteiger partial charge in [-0.25, -0.2) is 4.79 Å². The molecule has 47 heavy (non-hydrogen) atoms. The second-order valence-corrected chi connectivity index (χ2v) is 14.0. The molecule has 12 heteroatoms. The summed E-state index contributed by atoms with van der Waals surface area (Å²) in [6.07, 6.45) is 6.91. The van der Waals surface area contributed by atoms with E-state index in [0.717, 1.165) is 66.6 Å². The number of hydrogen-bond acceptors (Lipinski definition) is 7. The quantitative estimate of drug-likeness (QED) is 0.376. The molecule has 0 bridgehead atoms. The molecule has 3 aromatic rings. The van der Waals surface area contributed by atoms with E-state index < -0.39 is 6.04 Å². The van der Waals surface area contributed by atoms with Crippen LogP contribution in [0.5, 0.6) is 0 Å². The van der Waals surface area contributed by atoms with E-state index in [1.165, 1.54) is 0 Å². The van der Waals surface area contributed by atoms with Crippen LogP contribution in [-0.4, -0.2) is 124 Å². The highest BCUT2D eigenvalue weighted by Crippen LogP contribution is 2.29. The highest BCUT2D eigenvalue weighted by atomic mass is 16.2. The summed E-state index contributed by atoms with van der Waals surface area (Å²) in [4.78, 5) is 64.2. The van der Waals surface area contributed by atoms with Gasteiger partial charge >= 0.3 is 6.03 Å². The number of ketones is 1. The zero-order valence-electron chi connectivity index (χ0n) is 27.5. The first-order valence-corrected chi connectivity index (χ1v) is 17.2. The first-order chi connectivity index (χ1) is 22.7. The molecule has 3 N–H and O–H groups in total. The zero-order chi connectivity index (χ0) is 32.7. The van der Waals surface area contributed by atoms with Gasteiger partial charge in [-0.3, -0.25) is 24.4 Å². The number of pyridine rings is 1. The number of nitrogens with zero attached hydrogens (tertiary/aromatic N) is 5. The van der Waals surface area contributed by atoms with Crippen molar-refractivity contribution in [2.75, 3.05) is 59.4 Å². The van der Waals surface area contributed by atoms with Gasteiger partial charge in [0.15, 0.2) is 5.78 Å². The van der Waals surface area contributed by atoms with Crippen molar-refractivity contribution < 1.29 is 14.4 Å². The molecule has 0 spiro atoms. The SMILES string of the molecule is Cc1cc(C[C@@H](NC(=O)N2CCC(c3cc4c([nH]c3=O)C(=O)CC4)CC2)C(=O)N2CCN(C3CCN(C)CC3)CC2)cc2cn[nH]c12. The van der Waals surface area contributed by atoms with Gasteiger partial charge in [0.2, 0.25) is 5.91 Å². The normalized spacial score (nSPS) is 20.9. The Morgan fingerprint density at radius 2 is 1.68 bits per heavy atom. The largest absolute Gasteiger partial charge is 0.338 e. The number of aryl methyl sites for hydroxylation is 2. The van der Waals surface area contributed by atoms with E-state index in [9.17, 15) is 19.2 Å². The van der Waals surface area contributed by atoms with E-state index in [1.807, 2.05) is 24.0 Å². The Bertz CT molecular complexity index is 1710. The number of amides is 3. The van der Waals surface area contributed by atoms with E-state index in [1.54, 1.807) is 11.1 Å². The van der Waals surface area contributed by atoms with Gasteiger partial charge in [0.05, 0.1) is 17.4 Å². The minimum atomic E-state index is -0.698. The fourth-order valence-corrected chi connectivity index (χ4v) is 8.10. The number of H-pyrrole nitrogens is 2. The number of carbonyl (C=O) groups is 3. The minimum Gasteiger partial charge on any atom is -0.338 e. The molecule has 0 unspecified atom stereocenters. The van der Waals surface area contributed by atoms with Crippen LogP contribution in [0.25, 0.3) is 10.9 Å². The van der Waals surface area contributed by atoms with E-state index in [0.29, 0.717) is 75.6 Å². The Balaban J connectivity index is 1.02. The maximum atomic E-state index is 14.1. The lowest BCUT2D eigenvalue weighted by Gasteiger charge is -2.43. The molecule has 2 aromatic heterocycles. The van der Waals surface area contributed by atoms with Crippen molar-refractivity contribution in [3.05, 3.63) is 62.7 Å². The van der Waals surface area contributed by atoms with Crippen molar-refractivity contribution in [3.63, 3.8) is 0 Å². The average Bonchev–Trinajstić information content (AvgIpc) is 3.71. The summed E-state index contributed by atoms with van der Waals surface area (Å²) in [7, 11) is 2.18. The van der Waals surface area contributed by atoms with Gasteiger partial charge in [0, 0.05) is 69.1 Å². The predicted octanol–water partition coefficient (Wildman–Crippen LogP) is 2.43. The van der Waals surface area contributed by atoms with Gasteiger partial charge in [-0.1, -0.05) is 6.07 Å². The van der Waals surface area contributed by atoms with E-state index in [-0.39, 0.29) is 29.2 Å². The molecule has 12 nitrogen and oxygen atoms in total. The number of rotatable bonds is 6. The molecule has 0 radical (unpaired) electrons. The fraction of sp³-hybridized carbons (Fsp3) is 0.571. The summed E-state index contributed by atoms with van der Waals surface area (Å²) in [5.41, 5.74) is 4.88. The summed E-state index contributed by atoms with van der Waals surface area (Å²) in [5, 5.41) is 11.3. The Hall–Kier alpha value is -4.03. The second kappa shape index (κ2) is 13.2. The number of piperidine rings is 2. The summed E-state index contributed by atoms with van der Waals surface area (Å²) in [6.45, 7) is 8.24. The molecule has 3 aliphatic heterocycles. The Morgan fingerprint density at radius 3 is 2.43 bits per heavy atom. The van der Waals surface area contributed by atoms with Crippen LogP contribution < -0.4 is 10.9 Å². The standard InChI is InChI=1S/C35H46N8O4/c1-22-17-23(18-26-21-36-39-31(22)26)19-29(34(46)42-15-13-41(14-16-42)27-7-9-40(2)10-8-27)37-35(47)43-11-5-24(6-12-43)28-20-25-3-4-30(44)32(25)38-33(28)45/h17-18,20-21,24,27,29H,3-16,19H2,1-2H3,(H,36,39)(H,37,47)(H,38,45)/t29-/m1/s1. The first kappa shape index (κ1) is 31.6. The van der Waals surface area contributed by atoms with Crippen LogP contribution >= 0.6 is 0 Å². The predicted molar refractivity (Wildman–Crippen MR) is 179 cm³/mol. The van der Waals surface area contributed by atoms with Crippen LogP contribution in [0.4, 0.5) is 4.79 Å². The summed E-state index contributed by atoms with van der Waals surface area (Å²) < 4.78 is 0. The first-order valence-electron chi connectivity index (χ1n) is 17.2. The number of fused-ring (bicyclic) bond motifs is 2. The van der Waals surface area contributed by atoms with Crippen LogP contribution in [0.15, 0.2) is 29.2 Å². The summed E-state index contributed by atoms with van der Waals surface area (Å²) in [6, 6.07) is 5.64. The van der Waals surface area contributed by atoms with Crippen LogP contribution in [-0.2, 0) is 17.6 Å². The topological polar surface area (TPSA) is 138 Å². The van der Waals surface area contributed by atoms with Crippen LogP contribution in [0.2, 0.25) is 0 Å². The molecule has 3 fully saturated rings. The summed E-state index contributed by atoms with van der Waals surface area (Å²) in [5.74, 6) is -0.0228. The van der Waals surface area contributed by atoms with Crippen molar-refractivity contribution in [2.24, 2.45) is 0 Å². The molecule has 1 aliphatic carbocycles. The third kappa shape index (κ3) is 6.58. The number of carbonyl (C=O) groups excluding carboxylic acids is 3. The number of Topliss-reactive ketones (excluding diaryl/α,β-unsaturated/α-hetero) is 1. The van der Waals surface area contributed by atoms with Crippen LogP contribution in [0.1, 0.15) is 70.8 Å². The van der Waals surface area contributed by atoms with E-state index in [2.05, 4.69) is 43.4 Å². The third-order valence-corrected chi connectivity index (χ3v) is 10.9. The number of nitrogens with one attached hydrogen (secondary N) is 3. The Labute approximate surface area is 274 Å². The minimum absolute atomic E-state index is 0.00165. The van der Waals surface area contributed by atoms with Crippen LogP contribution in [0, 0.1) is 6.92 Å². The smallest absolute Gasteiger partial charge is 0.318 e. The molecule has 1 aromatic carbocycles. The monoisotopic (exact) mass is 642 g/mol. The molecule has 4 aliphatic rings. The van der Waals surface area contributed by atoms with E-state index >= 15 is 0 Å². The second-order valence-electron chi connectivity index (χ2n) is 14.0. The van der Waals surface area contributed by atoms with Gasteiger partial charge in [-0.2, -0.15) is 5.10 Å². The van der Waals surface area contributed by atoms with Crippen molar-refractivity contribution in [2.45, 2.75) is 69.9 Å².